The van der Waals surface area contributed by atoms with Crippen LogP contribution in [0, 0.1) is 5.92 Å². The van der Waals surface area contributed by atoms with Crippen LogP contribution in [0.4, 0.5) is 0 Å². The highest BCUT2D eigenvalue weighted by atomic mass is 35.5. The van der Waals surface area contributed by atoms with Crippen molar-refractivity contribution >= 4 is 30.7 Å². The minimum atomic E-state index is -0.171. The Balaban J connectivity index is 0.00000272. The van der Waals surface area contributed by atoms with E-state index in [1.807, 2.05) is 36.4 Å². The van der Waals surface area contributed by atoms with Crippen molar-refractivity contribution < 1.29 is 9.53 Å². The molecule has 0 aromatic heterocycles. The first-order valence-corrected chi connectivity index (χ1v) is 11.3. The highest BCUT2D eigenvalue weighted by Crippen LogP contribution is 2.35. The summed E-state index contributed by atoms with van der Waals surface area (Å²) in [5.41, 5.74) is 2.13. The average Bonchev–Trinajstić information content (AvgIpc) is 2.97. The monoisotopic (exact) mass is 495 g/mol. The van der Waals surface area contributed by atoms with Crippen LogP contribution in [0.5, 0.6) is 5.75 Å². The molecule has 3 rings (SSSR count). The zero-order valence-corrected chi connectivity index (χ0v) is 21.8. The molecule has 1 saturated heterocycles. The van der Waals surface area contributed by atoms with Gasteiger partial charge < -0.3 is 20.7 Å². The molecule has 0 spiro atoms. The van der Waals surface area contributed by atoms with Gasteiger partial charge >= 0.3 is 0 Å². The van der Waals surface area contributed by atoms with E-state index in [2.05, 4.69) is 61.8 Å². The van der Waals surface area contributed by atoms with E-state index in [-0.39, 0.29) is 47.7 Å². The van der Waals surface area contributed by atoms with E-state index in [0.29, 0.717) is 13.2 Å². The average molecular weight is 497 g/mol. The number of hydrogen-bond donors (Lipinski definition) is 3. The van der Waals surface area contributed by atoms with E-state index >= 15 is 0 Å². The maximum absolute atomic E-state index is 12.6. The number of carbonyl (C=O) groups excluding carboxylic acids is 1. The second kappa shape index (κ2) is 13.2. The number of para-hydroxylation sites is 1. The number of ether oxygens (including phenoxy) is 1. The predicted octanol–water partition coefficient (Wildman–Crippen LogP) is 4.87. The molecule has 0 bridgehead atoms. The number of benzene rings is 2. The van der Waals surface area contributed by atoms with Crippen molar-refractivity contribution in [2.45, 2.75) is 64.8 Å². The first-order chi connectivity index (χ1) is 14.8. The number of halogens is 2. The fourth-order valence-electron chi connectivity index (χ4n) is 4.49. The van der Waals surface area contributed by atoms with Crippen molar-refractivity contribution in [3.63, 3.8) is 0 Å². The summed E-state index contributed by atoms with van der Waals surface area (Å²) in [6, 6.07) is 18.3. The van der Waals surface area contributed by atoms with Gasteiger partial charge in [0.1, 0.15) is 12.4 Å². The molecule has 33 heavy (non-hydrogen) atoms. The van der Waals surface area contributed by atoms with Crippen LogP contribution in [0.15, 0.2) is 54.6 Å². The fourth-order valence-corrected chi connectivity index (χ4v) is 4.49. The van der Waals surface area contributed by atoms with Gasteiger partial charge in [-0.2, -0.15) is 0 Å². The number of carbonyl (C=O) groups is 1. The van der Waals surface area contributed by atoms with Crippen molar-refractivity contribution in [3.8, 4) is 5.75 Å². The summed E-state index contributed by atoms with van der Waals surface area (Å²) in [6.45, 7) is 11.4. The van der Waals surface area contributed by atoms with Gasteiger partial charge in [-0.25, -0.2) is 0 Å². The molecule has 1 heterocycles. The summed E-state index contributed by atoms with van der Waals surface area (Å²) >= 11 is 0. The Morgan fingerprint density at radius 1 is 1.00 bits per heavy atom. The van der Waals surface area contributed by atoms with Crippen LogP contribution in [-0.2, 0) is 17.9 Å². The zero-order valence-electron chi connectivity index (χ0n) is 20.1. The van der Waals surface area contributed by atoms with Crippen LogP contribution in [-0.4, -0.2) is 30.1 Å². The van der Waals surface area contributed by atoms with E-state index in [9.17, 15) is 4.79 Å². The van der Waals surface area contributed by atoms with Crippen molar-refractivity contribution in [3.05, 3.63) is 65.7 Å². The molecule has 1 aliphatic heterocycles. The van der Waals surface area contributed by atoms with Crippen LogP contribution >= 0.6 is 24.8 Å². The first kappa shape index (κ1) is 29.2. The molecule has 3 N–H and O–H groups in total. The number of hydrogen-bond acceptors (Lipinski definition) is 4. The molecule has 1 unspecified atom stereocenters. The number of amides is 1. The van der Waals surface area contributed by atoms with Gasteiger partial charge in [0.15, 0.2) is 0 Å². The van der Waals surface area contributed by atoms with E-state index in [1.165, 1.54) is 0 Å². The van der Waals surface area contributed by atoms with Gasteiger partial charge in [0.05, 0.1) is 5.92 Å². The van der Waals surface area contributed by atoms with Crippen LogP contribution in [0.1, 0.15) is 51.7 Å². The topological polar surface area (TPSA) is 62.4 Å². The smallest absolute Gasteiger partial charge is 0.225 e. The Hall–Kier alpha value is -1.79. The Morgan fingerprint density at radius 2 is 1.67 bits per heavy atom. The lowest BCUT2D eigenvalue weighted by Gasteiger charge is -2.27. The maximum Gasteiger partial charge on any atom is 0.225 e. The summed E-state index contributed by atoms with van der Waals surface area (Å²) in [4.78, 5) is 12.6. The third-order valence-electron chi connectivity index (χ3n) is 5.92. The minimum Gasteiger partial charge on any atom is -0.489 e. The van der Waals surface area contributed by atoms with Crippen molar-refractivity contribution in [2.24, 2.45) is 5.92 Å². The summed E-state index contributed by atoms with van der Waals surface area (Å²) < 4.78 is 6.02. The van der Waals surface area contributed by atoms with Crippen molar-refractivity contribution in [1.29, 1.82) is 0 Å². The summed E-state index contributed by atoms with van der Waals surface area (Å²) in [6.07, 6.45) is 1.76. The molecular weight excluding hydrogens is 457 g/mol. The molecule has 1 aliphatic rings. The molecule has 5 nitrogen and oxygen atoms in total. The largest absolute Gasteiger partial charge is 0.489 e. The molecule has 1 fully saturated rings. The number of nitrogens with one attached hydrogen (secondary N) is 3. The Labute approximate surface area is 211 Å². The Bertz CT molecular complexity index is 860. The highest BCUT2D eigenvalue weighted by Gasteiger charge is 2.47. The third kappa shape index (κ3) is 8.82. The lowest BCUT2D eigenvalue weighted by Crippen LogP contribution is -2.48. The SMILES string of the molecule is CC1(C)CC(C(=O)NCCCNCc2ccccc2OCc2ccccc2)C(C)(C)N1.Cl.Cl. The van der Waals surface area contributed by atoms with Crippen LogP contribution in [0.3, 0.4) is 0 Å². The molecule has 0 aliphatic carbocycles. The van der Waals surface area contributed by atoms with Gasteiger partial charge in [0.25, 0.3) is 0 Å². The standard InChI is InChI=1S/C26H37N3O2.2ClH/c1-25(2)17-22(26(3,4)29-25)24(30)28-16-10-15-27-18-21-13-8-9-14-23(21)31-19-20-11-6-5-7-12-20;;/h5-9,11-14,22,27,29H,10,15-19H2,1-4H3,(H,28,30);2*1H. The van der Waals surface area contributed by atoms with E-state index < -0.39 is 0 Å². The van der Waals surface area contributed by atoms with Crippen molar-refractivity contribution in [2.75, 3.05) is 13.1 Å². The molecular formula is C26H39Cl2N3O2. The second-order valence-corrected chi connectivity index (χ2v) is 9.69. The van der Waals surface area contributed by atoms with Crippen LogP contribution in [0.2, 0.25) is 0 Å². The van der Waals surface area contributed by atoms with E-state index in [0.717, 1.165) is 42.8 Å². The van der Waals surface area contributed by atoms with Gasteiger partial charge in [-0.3, -0.25) is 4.79 Å². The Morgan fingerprint density at radius 3 is 2.33 bits per heavy atom. The summed E-state index contributed by atoms with van der Waals surface area (Å²) in [7, 11) is 0. The molecule has 7 heteroatoms. The number of rotatable bonds is 10. The van der Waals surface area contributed by atoms with Crippen LogP contribution in [0.25, 0.3) is 0 Å². The predicted molar refractivity (Wildman–Crippen MR) is 140 cm³/mol. The third-order valence-corrected chi connectivity index (χ3v) is 5.92. The molecule has 184 valence electrons. The minimum absolute atomic E-state index is 0. The van der Waals surface area contributed by atoms with E-state index in [1.54, 1.807) is 0 Å². The fraction of sp³-hybridized carbons (Fsp3) is 0.500. The lowest BCUT2D eigenvalue weighted by molar-refractivity contribution is -0.126. The molecule has 1 amide bonds. The quantitative estimate of drug-likeness (QED) is 0.411. The molecule has 2 aromatic carbocycles. The van der Waals surface area contributed by atoms with Crippen LogP contribution < -0.4 is 20.7 Å². The molecule has 2 aromatic rings. The van der Waals surface area contributed by atoms with E-state index in [4.69, 9.17) is 4.74 Å². The van der Waals surface area contributed by atoms with Gasteiger partial charge in [-0.1, -0.05) is 48.5 Å². The normalized spacial score (nSPS) is 18.0. The summed E-state index contributed by atoms with van der Waals surface area (Å²) in [5.74, 6) is 1.07. The van der Waals surface area contributed by atoms with Gasteiger partial charge in [-0.15, -0.1) is 24.8 Å². The maximum atomic E-state index is 12.6. The Kier molecular flexibility index (Phi) is 11.7. The summed E-state index contributed by atoms with van der Waals surface area (Å²) in [5, 5.41) is 10.2. The zero-order chi connectivity index (χ0) is 22.3. The molecule has 1 atom stereocenters. The lowest BCUT2D eigenvalue weighted by atomic mass is 9.86. The first-order valence-electron chi connectivity index (χ1n) is 11.3. The van der Waals surface area contributed by atoms with Gasteiger partial charge in [0, 0.05) is 29.7 Å². The highest BCUT2D eigenvalue weighted by molar-refractivity contribution is 5.85. The van der Waals surface area contributed by atoms with Gasteiger partial charge in [0.2, 0.25) is 5.91 Å². The molecule has 0 saturated carbocycles. The molecule has 0 radical (unpaired) electrons. The van der Waals surface area contributed by atoms with Gasteiger partial charge in [-0.05, 0) is 58.7 Å². The second-order valence-electron chi connectivity index (χ2n) is 9.69. The van der Waals surface area contributed by atoms with Crippen molar-refractivity contribution in [1.82, 2.24) is 16.0 Å².